The topological polar surface area (TPSA) is 75.6 Å². The number of anilines is 1. The molecule has 0 radical (unpaired) electrons. The Morgan fingerprint density at radius 3 is 2.79 bits per heavy atom. The predicted octanol–water partition coefficient (Wildman–Crippen LogP) is 1.79. The van der Waals surface area contributed by atoms with Crippen molar-refractivity contribution in [2.75, 3.05) is 25.1 Å². The summed E-state index contributed by atoms with van der Waals surface area (Å²) in [6.45, 7) is 8.79. The maximum atomic E-state index is 11.0. The minimum absolute atomic E-state index is 0.379. The summed E-state index contributed by atoms with van der Waals surface area (Å²) >= 11 is 1.41. The smallest absolute Gasteiger partial charge is 0.308 e. The Kier molecular flexibility index (Phi) is 5.91. The predicted molar refractivity (Wildman–Crippen MR) is 74.4 cm³/mol. The number of aliphatic carboxylic acids is 1. The summed E-state index contributed by atoms with van der Waals surface area (Å²) in [6.07, 6.45) is 0. The van der Waals surface area contributed by atoms with Crippen LogP contribution in [0.2, 0.25) is 0 Å². The lowest BCUT2D eigenvalue weighted by Crippen LogP contribution is -2.33. The molecular weight excluding hydrogens is 266 g/mol. The van der Waals surface area contributed by atoms with Gasteiger partial charge in [0.25, 0.3) is 0 Å². The van der Waals surface area contributed by atoms with E-state index in [1.165, 1.54) is 11.3 Å². The number of carboxylic acid groups (broad SMARTS) is 1. The van der Waals surface area contributed by atoms with Gasteiger partial charge in [0.2, 0.25) is 5.13 Å². The molecule has 0 fully saturated rings. The summed E-state index contributed by atoms with van der Waals surface area (Å²) in [5, 5.41) is 18.6. The number of nitrogens with zero attached hydrogens (tertiary/aromatic N) is 3. The van der Waals surface area contributed by atoms with Gasteiger partial charge in [0, 0.05) is 20.2 Å². The molecule has 0 saturated carbocycles. The van der Waals surface area contributed by atoms with Crippen LogP contribution in [0.15, 0.2) is 12.2 Å². The first kappa shape index (κ1) is 15.6. The van der Waals surface area contributed by atoms with Crippen molar-refractivity contribution in [2.24, 2.45) is 5.92 Å². The van der Waals surface area contributed by atoms with E-state index in [9.17, 15) is 4.79 Å². The molecule has 0 aliphatic heterocycles. The Morgan fingerprint density at radius 2 is 2.26 bits per heavy atom. The molecule has 0 bridgehead atoms. The van der Waals surface area contributed by atoms with Crippen LogP contribution in [0.5, 0.6) is 0 Å². The number of aromatic nitrogens is 2. The van der Waals surface area contributed by atoms with E-state index < -0.39 is 11.9 Å². The number of rotatable bonds is 8. The monoisotopic (exact) mass is 285 g/mol. The molecule has 6 nitrogen and oxygen atoms in total. The zero-order chi connectivity index (χ0) is 14.4. The van der Waals surface area contributed by atoms with Gasteiger partial charge >= 0.3 is 5.97 Å². The van der Waals surface area contributed by atoms with Crippen molar-refractivity contribution in [3.8, 4) is 0 Å². The number of carbonyl (C=O) groups is 1. The van der Waals surface area contributed by atoms with Crippen LogP contribution in [-0.2, 0) is 16.1 Å². The first-order valence-electron chi connectivity index (χ1n) is 5.87. The number of carboxylic acids is 1. The van der Waals surface area contributed by atoms with Crippen molar-refractivity contribution in [3.05, 3.63) is 17.2 Å². The van der Waals surface area contributed by atoms with E-state index in [1.54, 1.807) is 14.0 Å². The van der Waals surface area contributed by atoms with E-state index in [0.717, 1.165) is 10.6 Å². The highest BCUT2D eigenvalue weighted by molar-refractivity contribution is 7.15. The van der Waals surface area contributed by atoms with Gasteiger partial charge in [-0.3, -0.25) is 4.79 Å². The van der Waals surface area contributed by atoms with Crippen LogP contribution >= 0.6 is 11.3 Å². The fourth-order valence-electron chi connectivity index (χ4n) is 1.50. The van der Waals surface area contributed by atoms with Crippen LogP contribution in [0.4, 0.5) is 5.13 Å². The van der Waals surface area contributed by atoms with Crippen LogP contribution in [0.25, 0.3) is 0 Å². The Hall–Kier alpha value is -1.47. The summed E-state index contributed by atoms with van der Waals surface area (Å²) in [6, 6.07) is 0. The van der Waals surface area contributed by atoms with E-state index in [1.807, 2.05) is 11.8 Å². The van der Waals surface area contributed by atoms with Gasteiger partial charge in [-0.1, -0.05) is 30.4 Å². The van der Waals surface area contributed by atoms with Crippen LogP contribution < -0.4 is 4.90 Å². The van der Waals surface area contributed by atoms with E-state index in [-0.39, 0.29) is 0 Å². The van der Waals surface area contributed by atoms with E-state index in [0.29, 0.717) is 24.8 Å². The molecule has 1 heterocycles. The van der Waals surface area contributed by atoms with Gasteiger partial charge in [-0.2, -0.15) is 0 Å². The zero-order valence-electron chi connectivity index (χ0n) is 11.4. The van der Waals surface area contributed by atoms with Gasteiger partial charge in [0.15, 0.2) is 0 Å². The van der Waals surface area contributed by atoms with Crippen molar-refractivity contribution in [1.29, 1.82) is 0 Å². The molecule has 1 N–H and O–H groups in total. The van der Waals surface area contributed by atoms with E-state index >= 15 is 0 Å². The van der Waals surface area contributed by atoms with Gasteiger partial charge < -0.3 is 14.7 Å². The highest BCUT2D eigenvalue weighted by Crippen LogP contribution is 2.22. The summed E-state index contributed by atoms with van der Waals surface area (Å²) in [5.74, 6) is -1.30. The Labute approximate surface area is 116 Å². The average molecular weight is 285 g/mol. The van der Waals surface area contributed by atoms with Crippen LogP contribution in [-0.4, -0.2) is 41.5 Å². The lowest BCUT2D eigenvalue weighted by Gasteiger charge is -2.23. The molecule has 0 saturated heterocycles. The van der Waals surface area contributed by atoms with Gasteiger partial charge in [0.1, 0.15) is 11.6 Å². The fraction of sp³-hybridized carbons (Fsp3) is 0.583. The molecule has 0 aromatic carbocycles. The van der Waals surface area contributed by atoms with Crippen molar-refractivity contribution >= 4 is 22.4 Å². The third-order valence-corrected chi connectivity index (χ3v) is 3.33. The Morgan fingerprint density at radius 1 is 1.58 bits per heavy atom. The van der Waals surface area contributed by atoms with Crippen molar-refractivity contribution in [1.82, 2.24) is 10.2 Å². The van der Waals surface area contributed by atoms with Gasteiger partial charge in [-0.05, 0) is 6.92 Å². The number of methoxy groups -OCH3 is 1. The van der Waals surface area contributed by atoms with Crippen LogP contribution in [0.3, 0.4) is 0 Å². The van der Waals surface area contributed by atoms with Gasteiger partial charge in [-0.15, -0.1) is 10.2 Å². The quantitative estimate of drug-likeness (QED) is 0.734. The minimum Gasteiger partial charge on any atom is -0.481 e. The summed E-state index contributed by atoms with van der Waals surface area (Å²) in [7, 11) is 1.60. The summed E-state index contributed by atoms with van der Waals surface area (Å²) in [4.78, 5) is 12.8. The molecule has 19 heavy (non-hydrogen) atoms. The number of ether oxygens (including phenoxy) is 1. The standard InChI is InChI=1S/C12H19N3O3S/c1-8(2)5-15(6-9(3)11(16)17)12-14-13-10(19-12)7-18-4/h9H,1,5-7H2,2-4H3,(H,16,17). The molecule has 0 aliphatic carbocycles. The highest BCUT2D eigenvalue weighted by Gasteiger charge is 2.19. The van der Waals surface area contributed by atoms with E-state index in [4.69, 9.17) is 9.84 Å². The third-order valence-electron chi connectivity index (χ3n) is 2.37. The first-order valence-corrected chi connectivity index (χ1v) is 6.69. The Balaban J connectivity index is 2.82. The molecule has 1 aromatic heterocycles. The van der Waals surface area contributed by atoms with E-state index in [2.05, 4.69) is 16.8 Å². The molecule has 7 heteroatoms. The molecule has 0 aliphatic rings. The summed E-state index contributed by atoms with van der Waals surface area (Å²) in [5.41, 5.74) is 0.945. The molecule has 0 amide bonds. The maximum absolute atomic E-state index is 11.0. The maximum Gasteiger partial charge on any atom is 0.308 e. The largest absolute Gasteiger partial charge is 0.481 e. The van der Waals surface area contributed by atoms with Crippen molar-refractivity contribution in [2.45, 2.75) is 20.5 Å². The van der Waals surface area contributed by atoms with Gasteiger partial charge in [0.05, 0.1) is 5.92 Å². The third kappa shape index (κ3) is 4.96. The molecular formula is C12H19N3O3S. The van der Waals surface area contributed by atoms with Crippen LogP contribution in [0.1, 0.15) is 18.9 Å². The van der Waals surface area contributed by atoms with Crippen molar-refractivity contribution < 1.29 is 14.6 Å². The molecule has 1 rings (SSSR count). The molecule has 1 unspecified atom stereocenters. The first-order chi connectivity index (χ1) is 8.93. The summed E-state index contributed by atoms with van der Waals surface area (Å²) < 4.78 is 5.00. The second kappa shape index (κ2) is 7.20. The van der Waals surface area contributed by atoms with Crippen molar-refractivity contribution in [3.63, 3.8) is 0 Å². The fourth-order valence-corrected chi connectivity index (χ4v) is 2.32. The molecule has 0 spiro atoms. The second-order valence-corrected chi connectivity index (χ2v) is 5.53. The average Bonchev–Trinajstić information content (AvgIpc) is 2.76. The Bertz CT molecular complexity index is 447. The molecule has 1 aromatic rings. The van der Waals surface area contributed by atoms with Crippen LogP contribution in [0, 0.1) is 5.92 Å². The molecule has 1 atom stereocenters. The number of hydrogen-bond acceptors (Lipinski definition) is 6. The minimum atomic E-state index is -0.826. The zero-order valence-corrected chi connectivity index (χ0v) is 12.2. The van der Waals surface area contributed by atoms with Gasteiger partial charge in [-0.25, -0.2) is 0 Å². The highest BCUT2D eigenvalue weighted by atomic mass is 32.1. The molecule has 106 valence electrons. The second-order valence-electron chi connectivity index (χ2n) is 4.49. The number of hydrogen-bond donors (Lipinski definition) is 1. The normalized spacial score (nSPS) is 12.2. The lowest BCUT2D eigenvalue weighted by atomic mass is 10.1. The lowest BCUT2D eigenvalue weighted by molar-refractivity contribution is -0.140. The SMILES string of the molecule is C=C(C)CN(CC(C)C(=O)O)c1nnc(COC)s1.